The largest absolute Gasteiger partial charge is 0.489 e. The number of ether oxygens (including phenoxy) is 1. The average Bonchev–Trinajstić information content (AvgIpc) is 2.65. The summed E-state index contributed by atoms with van der Waals surface area (Å²) in [5.74, 6) is 3.08. The molecule has 1 saturated heterocycles. The van der Waals surface area contributed by atoms with Crippen LogP contribution < -0.4 is 10.1 Å². The van der Waals surface area contributed by atoms with Crippen LogP contribution in [0.3, 0.4) is 0 Å². The molecule has 0 aliphatic carbocycles. The molecular weight excluding hydrogens is 234 g/mol. The minimum absolute atomic E-state index is 0.112. The molecule has 3 nitrogen and oxygen atoms in total. The van der Waals surface area contributed by atoms with Crippen LogP contribution >= 0.6 is 0 Å². The molecule has 17 heavy (non-hydrogen) atoms. The van der Waals surface area contributed by atoms with Crippen LogP contribution in [0, 0.1) is 5.92 Å². The van der Waals surface area contributed by atoms with E-state index in [2.05, 4.69) is 11.4 Å². The molecule has 1 N–H and O–H groups in total. The van der Waals surface area contributed by atoms with E-state index in [9.17, 15) is 4.21 Å². The molecule has 2 aliphatic rings. The molecule has 2 unspecified atom stereocenters. The van der Waals surface area contributed by atoms with Gasteiger partial charge in [-0.05, 0) is 17.5 Å². The summed E-state index contributed by atoms with van der Waals surface area (Å²) in [6.45, 7) is 2.05. The maximum atomic E-state index is 12.0. The first-order chi connectivity index (χ1) is 8.31. The zero-order valence-corrected chi connectivity index (χ0v) is 10.5. The zero-order valence-electron chi connectivity index (χ0n) is 9.72. The van der Waals surface area contributed by atoms with Crippen LogP contribution in [0.15, 0.2) is 24.3 Å². The molecule has 1 aromatic rings. The fourth-order valence-electron chi connectivity index (χ4n) is 2.35. The highest BCUT2D eigenvalue weighted by Gasteiger charge is 2.26. The summed E-state index contributed by atoms with van der Waals surface area (Å²) in [4.78, 5) is 0. The Kier molecular flexibility index (Phi) is 3.16. The van der Waals surface area contributed by atoms with E-state index in [1.807, 2.05) is 18.2 Å². The summed E-state index contributed by atoms with van der Waals surface area (Å²) >= 11 is 0. The highest BCUT2D eigenvalue weighted by Crippen LogP contribution is 2.28. The van der Waals surface area contributed by atoms with Gasteiger partial charge in [0.15, 0.2) is 0 Å². The standard InChI is InChI=1S/C13H17NO2S/c15-17(8-10-6-14-7-10)9-12-5-11-3-1-2-4-13(11)16-12/h1-4,10,12,14H,5-9H2. The van der Waals surface area contributed by atoms with E-state index < -0.39 is 10.8 Å². The smallest absolute Gasteiger partial charge is 0.123 e. The Balaban J connectivity index is 1.52. The highest BCUT2D eigenvalue weighted by atomic mass is 32.2. The number of rotatable bonds is 4. The van der Waals surface area contributed by atoms with Crippen LogP contribution in [0.2, 0.25) is 0 Å². The Labute approximate surface area is 104 Å². The summed E-state index contributed by atoms with van der Waals surface area (Å²) in [6, 6.07) is 8.10. The van der Waals surface area contributed by atoms with Crippen molar-refractivity contribution in [2.24, 2.45) is 5.92 Å². The molecule has 0 aromatic heterocycles. The van der Waals surface area contributed by atoms with Crippen molar-refractivity contribution in [3.8, 4) is 5.75 Å². The van der Waals surface area contributed by atoms with Gasteiger partial charge in [-0.25, -0.2) is 0 Å². The van der Waals surface area contributed by atoms with Crippen LogP contribution in [-0.4, -0.2) is 34.9 Å². The number of benzene rings is 1. The van der Waals surface area contributed by atoms with Crippen LogP contribution in [-0.2, 0) is 17.2 Å². The molecular formula is C13H17NO2S. The monoisotopic (exact) mass is 251 g/mol. The molecule has 0 saturated carbocycles. The lowest BCUT2D eigenvalue weighted by atomic mass is 10.1. The maximum Gasteiger partial charge on any atom is 0.123 e. The van der Waals surface area contributed by atoms with Gasteiger partial charge < -0.3 is 10.1 Å². The third kappa shape index (κ3) is 2.53. The molecule has 0 amide bonds. The van der Waals surface area contributed by atoms with Gasteiger partial charge in [-0.2, -0.15) is 0 Å². The van der Waals surface area contributed by atoms with Crippen molar-refractivity contribution in [2.45, 2.75) is 12.5 Å². The first-order valence-electron chi connectivity index (χ1n) is 6.11. The fourth-order valence-corrected chi connectivity index (χ4v) is 3.85. The average molecular weight is 251 g/mol. The fraction of sp³-hybridized carbons (Fsp3) is 0.538. The Bertz CT molecular complexity index is 406. The lowest BCUT2D eigenvalue weighted by Crippen LogP contribution is -2.45. The van der Waals surface area contributed by atoms with E-state index in [0.717, 1.165) is 31.0 Å². The van der Waals surface area contributed by atoms with Crippen LogP contribution in [0.1, 0.15) is 5.56 Å². The number of hydrogen-bond acceptors (Lipinski definition) is 3. The summed E-state index contributed by atoms with van der Waals surface area (Å²) in [7, 11) is -0.742. The summed E-state index contributed by atoms with van der Waals surface area (Å²) in [5.41, 5.74) is 1.25. The Morgan fingerprint density at radius 2 is 2.12 bits per heavy atom. The maximum absolute atomic E-state index is 12.0. The summed E-state index contributed by atoms with van der Waals surface area (Å²) in [5, 5.41) is 3.21. The minimum Gasteiger partial charge on any atom is -0.489 e. The first kappa shape index (κ1) is 11.2. The van der Waals surface area contributed by atoms with Gasteiger partial charge in [-0.15, -0.1) is 0 Å². The second kappa shape index (κ2) is 4.78. The Morgan fingerprint density at radius 3 is 2.82 bits per heavy atom. The second-order valence-electron chi connectivity index (χ2n) is 4.85. The van der Waals surface area contributed by atoms with Gasteiger partial charge in [-0.3, -0.25) is 4.21 Å². The normalized spacial score (nSPS) is 24.8. The highest BCUT2D eigenvalue weighted by molar-refractivity contribution is 7.85. The van der Waals surface area contributed by atoms with Crippen molar-refractivity contribution < 1.29 is 8.95 Å². The van der Waals surface area contributed by atoms with E-state index in [-0.39, 0.29) is 6.10 Å². The summed E-state index contributed by atoms with van der Waals surface area (Å²) in [6.07, 6.45) is 1.02. The lowest BCUT2D eigenvalue weighted by molar-refractivity contribution is 0.257. The molecule has 0 radical (unpaired) electrons. The van der Waals surface area contributed by atoms with Gasteiger partial charge in [0.25, 0.3) is 0 Å². The number of nitrogens with one attached hydrogen (secondary N) is 1. The van der Waals surface area contributed by atoms with E-state index in [1.165, 1.54) is 5.56 Å². The molecule has 2 aliphatic heterocycles. The molecule has 3 rings (SSSR count). The van der Waals surface area contributed by atoms with Crippen LogP contribution in [0.4, 0.5) is 0 Å². The van der Waals surface area contributed by atoms with Crippen molar-refractivity contribution in [1.29, 1.82) is 0 Å². The van der Waals surface area contributed by atoms with Gasteiger partial charge in [0.05, 0.1) is 5.75 Å². The van der Waals surface area contributed by atoms with Gasteiger partial charge in [0.2, 0.25) is 0 Å². The predicted octanol–water partition coefficient (Wildman–Crippen LogP) is 0.958. The number of fused-ring (bicyclic) bond motifs is 1. The molecule has 1 fully saturated rings. The van der Waals surface area contributed by atoms with Crippen molar-refractivity contribution in [3.05, 3.63) is 29.8 Å². The van der Waals surface area contributed by atoms with Crippen molar-refractivity contribution in [1.82, 2.24) is 5.32 Å². The van der Waals surface area contributed by atoms with Crippen LogP contribution in [0.5, 0.6) is 5.75 Å². The second-order valence-corrected chi connectivity index (χ2v) is 6.40. The molecule has 0 bridgehead atoms. The predicted molar refractivity (Wildman–Crippen MR) is 68.8 cm³/mol. The topological polar surface area (TPSA) is 38.3 Å². The quantitative estimate of drug-likeness (QED) is 0.866. The first-order valence-corrected chi connectivity index (χ1v) is 7.60. The van der Waals surface area contributed by atoms with E-state index in [0.29, 0.717) is 11.7 Å². The van der Waals surface area contributed by atoms with Crippen molar-refractivity contribution in [2.75, 3.05) is 24.6 Å². The third-order valence-electron chi connectivity index (χ3n) is 3.37. The molecule has 2 heterocycles. The Morgan fingerprint density at radius 1 is 1.29 bits per heavy atom. The zero-order chi connectivity index (χ0) is 11.7. The van der Waals surface area contributed by atoms with Gasteiger partial charge in [-0.1, -0.05) is 18.2 Å². The SMILES string of the molecule is O=S(CC1CNC1)CC1Cc2ccccc2O1. The molecule has 0 spiro atoms. The Hall–Kier alpha value is -0.870. The number of hydrogen-bond donors (Lipinski definition) is 1. The van der Waals surface area contributed by atoms with Crippen molar-refractivity contribution in [3.63, 3.8) is 0 Å². The lowest BCUT2D eigenvalue weighted by Gasteiger charge is -2.26. The van der Waals surface area contributed by atoms with Gasteiger partial charge >= 0.3 is 0 Å². The van der Waals surface area contributed by atoms with Gasteiger partial charge in [0.1, 0.15) is 11.9 Å². The van der Waals surface area contributed by atoms with E-state index >= 15 is 0 Å². The molecule has 92 valence electrons. The summed E-state index contributed by atoms with van der Waals surface area (Å²) < 4.78 is 17.8. The van der Waals surface area contributed by atoms with Crippen molar-refractivity contribution >= 4 is 10.8 Å². The van der Waals surface area contributed by atoms with Crippen LogP contribution in [0.25, 0.3) is 0 Å². The molecule has 4 heteroatoms. The third-order valence-corrected chi connectivity index (χ3v) is 4.96. The number of para-hydroxylation sites is 1. The van der Waals surface area contributed by atoms with E-state index in [4.69, 9.17) is 4.74 Å². The molecule has 1 aromatic carbocycles. The van der Waals surface area contributed by atoms with Gasteiger partial charge in [0, 0.05) is 36.1 Å². The van der Waals surface area contributed by atoms with E-state index in [1.54, 1.807) is 0 Å². The minimum atomic E-state index is -0.742. The molecule has 2 atom stereocenters.